The van der Waals surface area contributed by atoms with Gasteiger partial charge >= 0.3 is 5.97 Å². The number of esters is 1. The molecule has 1 unspecified atom stereocenters. The lowest BCUT2D eigenvalue weighted by molar-refractivity contribution is -0.138. The summed E-state index contributed by atoms with van der Waals surface area (Å²) in [6, 6.07) is 3.36. The number of likely N-dealkylation sites (N-methyl/N-ethyl adjacent to an activating group) is 1. The number of nitrogens with zero attached hydrogens (tertiary/aromatic N) is 4. The maximum atomic E-state index is 13.1. The molecular weight excluding hydrogens is 448 g/mol. The SMILES string of the molecule is CCOC(=O)c1c(C)nn(CC(=O)N(C)[C@H]2CCCN(C(=O)Cc3ccco3)C2)c1S(C)=O. The number of hydrogen-bond donors (Lipinski definition) is 0. The largest absolute Gasteiger partial charge is 0.469 e. The molecule has 2 atom stereocenters. The molecule has 1 saturated heterocycles. The summed E-state index contributed by atoms with van der Waals surface area (Å²) < 4.78 is 24.0. The Balaban J connectivity index is 1.70. The zero-order chi connectivity index (χ0) is 24.1. The van der Waals surface area contributed by atoms with Crippen molar-refractivity contribution >= 4 is 28.6 Å². The van der Waals surface area contributed by atoms with Crippen molar-refractivity contribution in [2.75, 3.05) is 33.0 Å². The van der Waals surface area contributed by atoms with Gasteiger partial charge in [0.15, 0.2) is 0 Å². The first-order chi connectivity index (χ1) is 15.7. The summed E-state index contributed by atoms with van der Waals surface area (Å²) >= 11 is 0. The number of ether oxygens (including phenoxy) is 1. The molecule has 0 radical (unpaired) electrons. The van der Waals surface area contributed by atoms with Gasteiger partial charge in [0.1, 0.15) is 22.9 Å². The minimum Gasteiger partial charge on any atom is -0.469 e. The summed E-state index contributed by atoms with van der Waals surface area (Å²) in [7, 11) is 0.143. The van der Waals surface area contributed by atoms with Crippen molar-refractivity contribution < 1.29 is 27.7 Å². The van der Waals surface area contributed by atoms with Gasteiger partial charge in [0.05, 0.1) is 35.8 Å². The van der Waals surface area contributed by atoms with E-state index in [1.54, 1.807) is 42.8 Å². The van der Waals surface area contributed by atoms with Crippen molar-refractivity contribution in [3.63, 3.8) is 0 Å². The lowest BCUT2D eigenvalue weighted by Gasteiger charge is -2.37. The lowest BCUT2D eigenvalue weighted by Crippen LogP contribution is -2.51. The highest BCUT2D eigenvalue weighted by atomic mass is 32.2. The number of aromatic nitrogens is 2. The minimum absolute atomic E-state index is 0.0408. The second-order valence-corrected chi connectivity index (χ2v) is 9.29. The van der Waals surface area contributed by atoms with Crippen molar-refractivity contribution in [1.29, 1.82) is 0 Å². The van der Waals surface area contributed by atoms with Crippen LogP contribution < -0.4 is 0 Å². The molecule has 3 heterocycles. The molecule has 1 aliphatic rings. The van der Waals surface area contributed by atoms with E-state index in [1.165, 1.54) is 17.2 Å². The fourth-order valence-electron chi connectivity index (χ4n) is 4.01. The third-order valence-electron chi connectivity index (χ3n) is 5.71. The molecule has 0 saturated carbocycles. The predicted octanol–water partition coefficient (Wildman–Crippen LogP) is 1.39. The molecule has 1 fully saturated rings. The molecule has 180 valence electrons. The van der Waals surface area contributed by atoms with Crippen LogP contribution in [-0.2, 0) is 38.1 Å². The monoisotopic (exact) mass is 478 g/mol. The first-order valence-corrected chi connectivity index (χ1v) is 12.4. The molecule has 0 aromatic carbocycles. The molecule has 0 aliphatic carbocycles. The predicted molar refractivity (Wildman–Crippen MR) is 120 cm³/mol. The molecule has 10 nitrogen and oxygen atoms in total. The second-order valence-electron chi connectivity index (χ2n) is 7.99. The summed E-state index contributed by atoms with van der Waals surface area (Å²) in [6.45, 7) is 4.39. The number of hydrogen-bond acceptors (Lipinski definition) is 7. The molecule has 0 spiro atoms. The van der Waals surface area contributed by atoms with Gasteiger partial charge in [-0.15, -0.1) is 0 Å². The van der Waals surface area contributed by atoms with Crippen molar-refractivity contribution in [3.8, 4) is 0 Å². The second kappa shape index (κ2) is 10.8. The van der Waals surface area contributed by atoms with Gasteiger partial charge in [-0.25, -0.2) is 9.48 Å². The number of piperidine rings is 1. The first-order valence-electron chi connectivity index (χ1n) is 10.9. The first kappa shape index (κ1) is 24.7. The maximum absolute atomic E-state index is 13.1. The van der Waals surface area contributed by atoms with E-state index in [-0.39, 0.29) is 48.0 Å². The van der Waals surface area contributed by atoms with E-state index in [0.717, 1.165) is 12.8 Å². The Hall–Kier alpha value is -2.95. The van der Waals surface area contributed by atoms with Crippen LogP contribution in [0.2, 0.25) is 0 Å². The number of carbonyl (C=O) groups is 3. The fourth-order valence-corrected chi connectivity index (χ4v) is 4.93. The molecule has 11 heteroatoms. The summed E-state index contributed by atoms with van der Waals surface area (Å²) in [4.78, 5) is 41.4. The van der Waals surface area contributed by atoms with E-state index in [2.05, 4.69) is 5.10 Å². The number of likely N-dealkylation sites (tertiary alicyclic amines) is 1. The van der Waals surface area contributed by atoms with Gasteiger partial charge in [-0.05, 0) is 38.8 Å². The van der Waals surface area contributed by atoms with Gasteiger partial charge in [0.25, 0.3) is 0 Å². The van der Waals surface area contributed by atoms with Crippen LogP contribution in [-0.4, -0.2) is 80.6 Å². The molecule has 2 amide bonds. The van der Waals surface area contributed by atoms with Crippen LogP contribution in [0.15, 0.2) is 27.8 Å². The minimum atomic E-state index is -1.55. The summed E-state index contributed by atoms with van der Waals surface area (Å²) in [5, 5.41) is 4.46. The van der Waals surface area contributed by atoms with Crippen molar-refractivity contribution in [1.82, 2.24) is 19.6 Å². The third kappa shape index (κ3) is 5.70. The number of aryl methyl sites for hydroxylation is 1. The van der Waals surface area contributed by atoms with Crippen LogP contribution in [0.4, 0.5) is 0 Å². The van der Waals surface area contributed by atoms with E-state index < -0.39 is 16.8 Å². The van der Waals surface area contributed by atoms with Crippen LogP contribution in [0, 0.1) is 6.92 Å². The molecule has 33 heavy (non-hydrogen) atoms. The number of rotatable bonds is 8. The van der Waals surface area contributed by atoms with Gasteiger partial charge in [-0.2, -0.15) is 5.10 Å². The van der Waals surface area contributed by atoms with Crippen LogP contribution in [0.25, 0.3) is 0 Å². The topological polar surface area (TPSA) is 115 Å². The maximum Gasteiger partial charge on any atom is 0.342 e. The third-order valence-corrected chi connectivity index (χ3v) is 6.67. The van der Waals surface area contributed by atoms with Gasteiger partial charge < -0.3 is 19.0 Å². The Morgan fingerprint density at radius 1 is 1.36 bits per heavy atom. The van der Waals surface area contributed by atoms with Crippen LogP contribution in [0.1, 0.15) is 41.6 Å². The van der Waals surface area contributed by atoms with Crippen molar-refractivity contribution in [2.45, 2.75) is 50.7 Å². The van der Waals surface area contributed by atoms with Crippen LogP contribution in [0.5, 0.6) is 0 Å². The zero-order valence-corrected chi connectivity index (χ0v) is 20.2. The molecule has 1 aliphatic heterocycles. The molecule has 2 aromatic heterocycles. The number of carbonyl (C=O) groups excluding carboxylic acids is 3. The smallest absolute Gasteiger partial charge is 0.342 e. The summed E-state index contributed by atoms with van der Waals surface area (Å²) in [5.41, 5.74) is 0.502. The number of amides is 2. The van der Waals surface area contributed by atoms with Crippen LogP contribution in [0.3, 0.4) is 0 Å². The van der Waals surface area contributed by atoms with E-state index in [0.29, 0.717) is 24.5 Å². The van der Waals surface area contributed by atoms with Crippen molar-refractivity contribution in [3.05, 3.63) is 35.4 Å². The molecule has 0 bridgehead atoms. The standard InChI is InChI=1S/C22H30N4O6S/c1-5-31-22(29)20-15(2)23-26(21(20)33(4)30)14-19(28)24(3)16-8-6-10-25(13-16)18(27)12-17-9-7-11-32-17/h7,9,11,16H,5-6,8,10,12-14H2,1-4H3/t16-,33?/m0/s1. The Kier molecular flexibility index (Phi) is 8.06. The van der Waals surface area contributed by atoms with Crippen molar-refractivity contribution in [2.24, 2.45) is 0 Å². The van der Waals surface area contributed by atoms with E-state index >= 15 is 0 Å². The summed E-state index contributed by atoms with van der Waals surface area (Å²) in [6.07, 6.45) is 4.71. The van der Waals surface area contributed by atoms with E-state index in [4.69, 9.17) is 9.15 Å². The molecule has 2 aromatic rings. The van der Waals surface area contributed by atoms with Gasteiger partial charge in [-0.1, -0.05) is 0 Å². The Morgan fingerprint density at radius 2 is 2.12 bits per heavy atom. The van der Waals surface area contributed by atoms with Gasteiger partial charge in [0.2, 0.25) is 11.8 Å². The summed E-state index contributed by atoms with van der Waals surface area (Å²) in [5.74, 6) is -0.283. The lowest BCUT2D eigenvalue weighted by atomic mass is 10.0. The molecular formula is C22H30N4O6S. The highest BCUT2D eigenvalue weighted by Gasteiger charge is 2.31. The Labute approximate surface area is 195 Å². The zero-order valence-electron chi connectivity index (χ0n) is 19.4. The Bertz CT molecular complexity index is 1030. The van der Waals surface area contributed by atoms with Gasteiger partial charge in [-0.3, -0.25) is 13.8 Å². The fraction of sp³-hybridized carbons (Fsp3) is 0.545. The Morgan fingerprint density at radius 3 is 2.76 bits per heavy atom. The highest BCUT2D eigenvalue weighted by Crippen LogP contribution is 2.21. The average Bonchev–Trinajstić information content (AvgIpc) is 3.40. The molecule has 3 rings (SSSR count). The quantitative estimate of drug-likeness (QED) is 0.527. The average molecular weight is 479 g/mol. The van der Waals surface area contributed by atoms with Crippen LogP contribution >= 0.6 is 0 Å². The molecule has 0 N–H and O–H groups in total. The highest BCUT2D eigenvalue weighted by molar-refractivity contribution is 7.84. The van der Waals surface area contributed by atoms with E-state index in [9.17, 15) is 18.6 Å². The van der Waals surface area contributed by atoms with E-state index in [1.807, 2.05) is 0 Å². The van der Waals surface area contributed by atoms with Gasteiger partial charge in [0, 0.05) is 32.4 Å². The number of furan rings is 1. The normalized spacial score (nSPS) is 17.0.